The fourth-order valence-electron chi connectivity index (χ4n) is 6.66. The summed E-state index contributed by atoms with van der Waals surface area (Å²) in [5, 5.41) is 23.8. The summed E-state index contributed by atoms with van der Waals surface area (Å²) in [7, 11) is 0. The molecule has 4 aromatic rings. The summed E-state index contributed by atoms with van der Waals surface area (Å²) in [4.78, 5) is 43.3. The molecule has 0 aliphatic carbocycles. The van der Waals surface area contributed by atoms with Crippen molar-refractivity contribution in [2.75, 3.05) is 94.9 Å². The van der Waals surface area contributed by atoms with Gasteiger partial charge in [-0.25, -0.2) is 14.4 Å². The van der Waals surface area contributed by atoms with Gasteiger partial charge in [-0.05, 0) is 163 Å². The Bertz CT molecular complexity index is 1680. The highest BCUT2D eigenvalue weighted by Gasteiger charge is 2.12. The minimum Gasteiger partial charge on any atom is -0.385 e. The standard InChI is InChI=1S/C41H52N10O3/c52-39(44-33-17-13-31(14-18-33)42-21-7-27-50-23-1-2-24-50)46-35-9-5-11-37(29-35)48-41(54)49-38-12-6-10-36(30-38)47-40(53)45-34-19-15-32(16-20-34)43-22-8-28-51-25-3-4-26-51/h5-6,9-20,29-30,42-43H,1-4,7-8,21-28H2,(H2,44,46,52)(H2,45,47,53)(H2,48,49,54). The number of carbonyl (C=O) groups is 3. The number of carbonyl (C=O) groups excluding carboxylic acids is 3. The van der Waals surface area contributed by atoms with Crippen molar-refractivity contribution < 1.29 is 14.4 Å². The van der Waals surface area contributed by atoms with E-state index in [4.69, 9.17) is 0 Å². The molecule has 8 N–H and O–H groups in total. The third-order valence-electron chi connectivity index (χ3n) is 9.40. The smallest absolute Gasteiger partial charge is 0.323 e. The zero-order chi connectivity index (χ0) is 37.4. The summed E-state index contributed by atoms with van der Waals surface area (Å²) < 4.78 is 0. The van der Waals surface area contributed by atoms with Crippen molar-refractivity contribution in [1.82, 2.24) is 9.80 Å². The maximum atomic E-state index is 12.8. The molecule has 0 unspecified atom stereocenters. The van der Waals surface area contributed by atoms with Crippen LogP contribution in [0.5, 0.6) is 0 Å². The van der Waals surface area contributed by atoms with Crippen molar-refractivity contribution >= 4 is 63.6 Å². The predicted octanol–water partition coefficient (Wildman–Crippen LogP) is 8.41. The number of benzene rings is 4. The lowest BCUT2D eigenvalue weighted by Gasteiger charge is -2.15. The van der Waals surface area contributed by atoms with Crippen molar-refractivity contribution in [2.24, 2.45) is 0 Å². The van der Waals surface area contributed by atoms with Crippen molar-refractivity contribution in [2.45, 2.75) is 38.5 Å². The monoisotopic (exact) mass is 732 g/mol. The molecule has 6 rings (SSSR count). The third-order valence-corrected chi connectivity index (χ3v) is 9.40. The van der Waals surface area contributed by atoms with E-state index in [0.29, 0.717) is 34.1 Å². The van der Waals surface area contributed by atoms with Crippen LogP contribution in [0.4, 0.5) is 59.9 Å². The van der Waals surface area contributed by atoms with Crippen LogP contribution in [0.2, 0.25) is 0 Å². The van der Waals surface area contributed by atoms with E-state index in [-0.39, 0.29) is 0 Å². The molecule has 2 aliphatic rings. The van der Waals surface area contributed by atoms with Gasteiger partial charge in [0.15, 0.2) is 0 Å². The average molecular weight is 733 g/mol. The molecule has 54 heavy (non-hydrogen) atoms. The normalized spacial score (nSPS) is 14.2. The lowest BCUT2D eigenvalue weighted by atomic mass is 10.2. The second-order valence-corrected chi connectivity index (χ2v) is 13.7. The Hall–Kier alpha value is -5.79. The highest BCUT2D eigenvalue weighted by atomic mass is 16.2. The molecule has 0 saturated carbocycles. The van der Waals surface area contributed by atoms with Crippen LogP contribution in [-0.4, -0.2) is 80.3 Å². The van der Waals surface area contributed by atoms with Gasteiger partial charge in [0.2, 0.25) is 0 Å². The van der Waals surface area contributed by atoms with Crippen LogP contribution in [-0.2, 0) is 0 Å². The first-order chi connectivity index (χ1) is 26.4. The summed E-state index contributed by atoms with van der Waals surface area (Å²) in [5.74, 6) is 0. The fourth-order valence-corrected chi connectivity index (χ4v) is 6.66. The number of hydrogen-bond donors (Lipinski definition) is 8. The summed E-state index contributed by atoms with van der Waals surface area (Å²) >= 11 is 0. The minimum absolute atomic E-state index is 0.399. The summed E-state index contributed by atoms with van der Waals surface area (Å²) in [5.41, 5.74) is 5.35. The quantitative estimate of drug-likeness (QED) is 0.0538. The molecule has 284 valence electrons. The summed E-state index contributed by atoms with van der Waals surface area (Å²) in [6.07, 6.45) is 7.42. The second-order valence-electron chi connectivity index (χ2n) is 13.7. The molecule has 6 amide bonds. The average Bonchev–Trinajstić information content (AvgIpc) is 3.89. The molecule has 13 nitrogen and oxygen atoms in total. The highest BCUT2D eigenvalue weighted by molar-refractivity contribution is 6.03. The van der Waals surface area contributed by atoms with Gasteiger partial charge in [0, 0.05) is 58.6 Å². The Labute approximate surface area is 317 Å². The summed E-state index contributed by atoms with van der Waals surface area (Å²) in [6, 6.07) is 27.7. The van der Waals surface area contributed by atoms with E-state index in [9.17, 15) is 14.4 Å². The maximum absolute atomic E-state index is 12.8. The molecular weight excluding hydrogens is 681 g/mol. The summed E-state index contributed by atoms with van der Waals surface area (Å²) in [6.45, 7) is 8.90. The zero-order valence-corrected chi connectivity index (χ0v) is 30.8. The van der Waals surface area contributed by atoms with Crippen molar-refractivity contribution in [3.63, 3.8) is 0 Å². The second kappa shape index (κ2) is 19.9. The topological polar surface area (TPSA) is 154 Å². The van der Waals surface area contributed by atoms with E-state index in [1.807, 2.05) is 48.5 Å². The Balaban J connectivity index is 0.892. The van der Waals surface area contributed by atoms with E-state index in [2.05, 4.69) is 52.3 Å². The van der Waals surface area contributed by atoms with Gasteiger partial charge in [0.05, 0.1) is 0 Å². The SMILES string of the molecule is O=C(Nc1ccc(NCCCN2CCCC2)cc1)Nc1cccc(NC(=O)Nc2cccc(NC(=O)Nc3ccc(NCCCN4CCCC4)cc3)c2)c1. The van der Waals surface area contributed by atoms with E-state index < -0.39 is 18.1 Å². The van der Waals surface area contributed by atoms with E-state index >= 15 is 0 Å². The molecule has 0 atom stereocenters. The molecule has 0 radical (unpaired) electrons. The van der Waals surface area contributed by atoms with Gasteiger partial charge < -0.3 is 52.3 Å². The van der Waals surface area contributed by atoms with E-state index in [1.165, 1.54) is 51.9 Å². The van der Waals surface area contributed by atoms with E-state index in [1.54, 1.807) is 48.5 Å². The lowest BCUT2D eigenvalue weighted by Crippen LogP contribution is -2.22. The van der Waals surface area contributed by atoms with Crippen molar-refractivity contribution in [3.05, 3.63) is 97.1 Å². The van der Waals surface area contributed by atoms with Crippen LogP contribution in [0.15, 0.2) is 97.1 Å². The Morgan fingerprint density at radius 2 is 0.704 bits per heavy atom. The molecule has 2 fully saturated rings. The van der Waals surface area contributed by atoms with Crippen LogP contribution in [0.3, 0.4) is 0 Å². The number of nitrogens with zero attached hydrogens (tertiary/aromatic N) is 2. The van der Waals surface area contributed by atoms with Crippen LogP contribution in [0.1, 0.15) is 38.5 Å². The first-order valence-electron chi connectivity index (χ1n) is 19.0. The first kappa shape index (κ1) is 38.0. The molecule has 2 heterocycles. The van der Waals surface area contributed by atoms with Gasteiger partial charge in [-0.15, -0.1) is 0 Å². The molecule has 0 spiro atoms. The Morgan fingerprint density at radius 1 is 0.407 bits per heavy atom. The van der Waals surface area contributed by atoms with Crippen molar-refractivity contribution in [3.8, 4) is 0 Å². The van der Waals surface area contributed by atoms with Gasteiger partial charge in [-0.3, -0.25) is 0 Å². The fraction of sp³-hybridized carbons (Fsp3) is 0.341. The van der Waals surface area contributed by atoms with Crippen LogP contribution >= 0.6 is 0 Å². The largest absolute Gasteiger partial charge is 0.385 e. The number of likely N-dealkylation sites (tertiary alicyclic amines) is 2. The molecule has 13 heteroatoms. The molecule has 0 aromatic heterocycles. The number of anilines is 8. The lowest BCUT2D eigenvalue weighted by molar-refractivity contribution is 0.261. The van der Waals surface area contributed by atoms with Crippen LogP contribution < -0.4 is 42.5 Å². The molecular formula is C41H52N10O3. The number of urea groups is 3. The van der Waals surface area contributed by atoms with E-state index in [0.717, 1.165) is 50.4 Å². The highest BCUT2D eigenvalue weighted by Crippen LogP contribution is 2.20. The predicted molar refractivity (Wildman–Crippen MR) is 221 cm³/mol. The zero-order valence-electron chi connectivity index (χ0n) is 30.8. The number of amides is 6. The van der Waals surface area contributed by atoms with Crippen LogP contribution in [0.25, 0.3) is 0 Å². The van der Waals surface area contributed by atoms with Crippen molar-refractivity contribution in [1.29, 1.82) is 0 Å². The minimum atomic E-state index is -0.479. The Kier molecular flexibility index (Phi) is 14.0. The maximum Gasteiger partial charge on any atom is 0.323 e. The molecule has 4 aromatic carbocycles. The molecule has 2 saturated heterocycles. The van der Waals surface area contributed by atoms with Gasteiger partial charge in [0.25, 0.3) is 0 Å². The van der Waals surface area contributed by atoms with Gasteiger partial charge in [0.1, 0.15) is 0 Å². The molecule has 0 bridgehead atoms. The van der Waals surface area contributed by atoms with Crippen LogP contribution in [0, 0.1) is 0 Å². The van der Waals surface area contributed by atoms with Gasteiger partial charge >= 0.3 is 18.1 Å². The molecule has 2 aliphatic heterocycles. The number of rotatable bonds is 16. The third kappa shape index (κ3) is 12.7. The van der Waals surface area contributed by atoms with Gasteiger partial charge in [-0.1, -0.05) is 12.1 Å². The Morgan fingerprint density at radius 3 is 1.04 bits per heavy atom. The number of nitrogens with one attached hydrogen (secondary N) is 8. The first-order valence-corrected chi connectivity index (χ1v) is 19.0. The number of hydrogen-bond acceptors (Lipinski definition) is 7. The van der Waals surface area contributed by atoms with Gasteiger partial charge in [-0.2, -0.15) is 0 Å².